The largest absolute Gasteiger partial charge is 0.481 e. The molecule has 1 rings (SSSR count). The fraction of sp³-hybridized carbons (Fsp3) is 0.571. The van der Waals surface area contributed by atoms with Gasteiger partial charge in [-0.2, -0.15) is 0 Å². The van der Waals surface area contributed by atoms with Crippen LogP contribution >= 0.6 is 0 Å². The van der Waals surface area contributed by atoms with E-state index in [2.05, 4.69) is 10.6 Å². The maximum atomic E-state index is 11.0. The van der Waals surface area contributed by atoms with Crippen molar-refractivity contribution >= 4 is 17.8 Å². The molecule has 0 spiro atoms. The zero-order chi connectivity index (χ0) is 9.84. The monoisotopic (exact) mass is 186 g/mol. The summed E-state index contributed by atoms with van der Waals surface area (Å²) >= 11 is 0. The van der Waals surface area contributed by atoms with Crippen molar-refractivity contribution in [1.82, 2.24) is 10.6 Å². The number of nitrogens with one attached hydrogen (secondary N) is 2. The molecule has 1 atom stereocenters. The summed E-state index contributed by atoms with van der Waals surface area (Å²) in [5.41, 5.74) is 0. The van der Waals surface area contributed by atoms with Crippen molar-refractivity contribution in [2.75, 3.05) is 6.54 Å². The van der Waals surface area contributed by atoms with Crippen molar-refractivity contribution in [1.29, 1.82) is 0 Å². The van der Waals surface area contributed by atoms with Crippen LogP contribution in [0.3, 0.4) is 0 Å². The van der Waals surface area contributed by atoms with Gasteiger partial charge in [-0.3, -0.25) is 14.4 Å². The Labute approximate surface area is 74.3 Å². The lowest BCUT2D eigenvalue weighted by Gasteiger charge is -2.22. The van der Waals surface area contributed by atoms with Crippen LogP contribution in [0.2, 0.25) is 0 Å². The van der Waals surface area contributed by atoms with E-state index in [-0.39, 0.29) is 31.2 Å². The number of carboxylic acid groups (broad SMARTS) is 1. The lowest BCUT2D eigenvalue weighted by atomic mass is 10.1. The summed E-state index contributed by atoms with van der Waals surface area (Å²) in [6, 6.07) is -0.697. The van der Waals surface area contributed by atoms with E-state index in [0.717, 1.165) is 0 Å². The highest BCUT2D eigenvalue weighted by atomic mass is 16.4. The van der Waals surface area contributed by atoms with E-state index >= 15 is 0 Å². The Morgan fingerprint density at radius 1 is 1.54 bits per heavy atom. The molecule has 2 amide bonds. The minimum Gasteiger partial charge on any atom is -0.481 e. The fourth-order valence-corrected chi connectivity index (χ4v) is 1.07. The number of amides is 2. The number of hydrogen-bond donors (Lipinski definition) is 3. The van der Waals surface area contributed by atoms with Crippen molar-refractivity contribution in [3.05, 3.63) is 0 Å². The maximum absolute atomic E-state index is 11.0. The van der Waals surface area contributed by atoms with Gasteiger partial charge in [0.1, 0.15) is 6.04 Å². The normalized spacial score (nSPS) is 22.0. The summed E-state index contributed by atoms with van der Waals surface area (Å²) in [5.74, 6) is -1.58. The number of piperazine rings is 1. The van der Waals surface area contributed by atoms with Crippen LogP contribution in [0.5, 0.6) is 0 Å². The van der Waals surface area contributed by atoms with E-state index < -0.39 is 12.0 Å². The highest BCUT2D eigenvalue weighted by Gasteiger charge is 2.25. The van der Waals surface area contributed by atoms with Gasteiger partial charge in [-0.1, -0.05) is 0 Å². The van der Waals surface area contributed by atoms with E-state index in [1.165, 1.54) is 0 Å². The maximum Gasteiger partial charge on any atom is 0.303 e. The summed E-state index contributed by atoms with van der Waals surface area (Å²) in [6.45, 7) is -0.0254. The second-order valence-corrected chi connectivity index (χ2v) is 2.77. The smallest absolute Gasteiger partial charge is 0.303 e. The lowest BCUT2D eigenvalue weighted by molar-refractivity contribution is -0.138. The zero-order valence-corrected chi connectivity index (χ0v) is 6.87. The highest BCUT2D eigenvalue weighted by molar-refractivity contribution is 5.94. The molecule has 3 N–H and O–H groups in total. The van der Waals surface area contributed by atoms with Crippen molar-refractivity contribution in [3.8, 4) is 0 Å². The van der Waals surface area contributed by atoms with Crippen molar-refractivity contribution in [2.45, 2.75) is 18.9 Å². The highest BCUT2D eigenvalue weighted by Crippen LogP contribution is 2.00. The van der Waals surface area contributed by atoms with Gasteiger partial charge >= 0.3 is 5.97 Å². The van der Waals surface area contributed by atoms with Crippen LogP contribution in [0.15, 0.2) is 0 Å². The number of carbonyl (C=O) groups excluding carboxylic acids is 2. The molecule has 0 bridgehead atoms. The van der Waals surface area contributed by atoms with Crippen LogP contribution in [0.4, 0.5) is 0 Å². The van der Waals surface area contributed by atoms with Gasteiger partial charge in [-0.05, 0) is 6.42 Å². The van der Waals surface area contributed by atoms with Crippen LogP contribution in [0.1, 0.15) is 12.8 Å². The van der Waals surface area contributed by atoms with Crippen LogP contribution in [-0.4, -0.2) is 35.5 Å². The molecule has 72 valence electrons. The minimum atomic E-state index is -0.979. The van der Waals surface area contributed by atoms with Crippen molar-refractivity contribution < 1.29 is 19.5 Å². The molecule has 1 heterocycles. The second kappa shape index (κ2) is 3.88. The number of hydrogen-bond acceptors (Lipinski definition) is 3. The summed E-state index contributed by atoms with van der Waals surface area (Å²) in [5, 5.41) is 13.1. The van der Waals surface area contributed by atoms with E-state index in [1.54, 1.807) is 0 Å². The zero-order valence-electron chi connectivity index (χ0n) is 6.87. The average Bonchev–Trinajstić information content (AvgIpc) is 2.06. The Morgan fingerprint density at radius 2 is 2.23 bits per heavy atom. The summed E-state index contributed by atoms with van der Waals surface area (Å²) in [6.07, 6.45) is 0.00523. The Morgan fingerprint density at radius 3 is 2.85 bits per heavy atom. The SMILES string of the molecule is O=C(O)CCC1NC(=O)CNC1=O. The molecular weight excluding hydrogens is 176 g/mol. The molecule has 0 aromatic heterocycles. The Kier molecular flexibility index (Phi) is 2.84. The first-order valence-corrected chi connectivity index (χ1v) is 3.88. The predicted octanol–water partition coefficient (Wildman–Crippen LogP) is -1.53. The van der Waals surface area contributed by atoms with Gasteiger partial charge in [0.25, 0.3) is 0 Å². The lowest BCUT2D eigenvalue weighted by Crippen LogP contribution is -2.56. The third-order valence-corrected chi connectivity index (χ3v) is 1.72. The molecular formula is C7H10N2O4. The van der Waals surface area contributed by atoms with Gasteiger partial charge in [0.2, 0.25) is 11.8 Å². The Bertz CT molecular complexity index is 251. The van der Waals surface area contributed by atoms with E-state index in [4.69, 9.17) is 5.11 Å². The third kappa shape index (κ3) is 2.73. The van der Waals surface area contributed by atoms with E-state index in [0.29, 0.717) is 0 Å². The topological polar surface area (TPSA) is 95.5 Å². The van der Waals surface area contributed by atoms with Crippen molar-refractivity contribution in [3.63, 3.8) is 0 Å². The molecule has 0 aromatic carbocycles. The predicted molar refractivity (Wildman–Crippen MR) is 41.8 cm³/mol. The molecule has 1 aliphatic heterocycles. The van der Waals surface area contributed by atoms with Crippen LogP contribution in [0.25, 0.3) is 0 Å². The van der Waals surface area contributed by atoms with Crippen LogP contribution < -0.4 is 10.6 Å². The van der Waals surface area contributed by atoms with Gasteiger partial charge in [0.05, 0.1) is 6.54 Å². The van der Waals surface area contributed by atoms with Gasteiger partial charge in [0.15, 0.2) is 0 Å². The quantitative estimate of drug-likeness (QED) is 0.498. The molecule has 6 heteroatoms. The second-order valence-electron chi connectivity index (χ2n) is 2.77. The molecule has 1 unspecified atom stereocenters. The molecule has 1 aliphatic rings. The van der Waals surface area contributed by atoms with Gasteiger partial charge < -0.3 is 15.7 Å². The summed E-state index contributed by atoms with van der Waals surface area (Å²) in [7, 11) is 0. The third-order valence-electron chi connectivity index (χ3n) is 1.72. The summed E-state index contributed by atoms with van der Waals surface area (Å²) < 4.78 is 0. The Balaban J connectivity index is 2.42. The van der Waals surface area contributed by atoms with Gasteiger partial charge in [-0.15, -0.1) is 0 Å². The standard InChI is InChI=1S/C7H10N2O4/c10-5-3-8-7(13)4(9-5)1-2-6(11)12/h4H,1-3H2,(H,8,13)(H,9,10)(H,11,12). The molecule has 13 heavy (non-hydrogen) atoms. The number of rotatable bonds is 3. The van der Waals surface area contributed by atoms with Gasteiger partial charge in [-0.25, -0.2) is 0 Å². The molecule has 1 saturated heterocycles. The molecule has 0 aliphatic carbocycles. The summed E-state index contributed by atoms with van der Waals surface area (Å²) in [4.78, 5) is 32.0. The molecule has 0 saturated carbocycles. The number of carbonyl (C=O) groups is 3. The van der Waals surface area contributed by atoms with Crippen LogP contribution in [-0.2, 0) is 14.4 Å². The van der Waals surface area contributed by atoms with Crippen LogP contribution in [0, 0.1) is 0 Å². The first kappa shape index (κ1) is 9.50. The first-order chi connectivity index (χ1) is 6.09. The number of aliphatic carboxylic acids is 1. The Hall–Kier alpha value is -1.59. The average molecular weight is 186 g/mol. The molecule has 6 nitrogen and oxygen atoms in total. The fourth-order valence-electron chi connectivity index (χ4n) is 1.07. The minimum absolute atomic E-state index is 0.0254. The first-order valence-electron chi connectivity index (χ1n) is 3.88. The molecule has 1 fully saturated rings. The van der Waals surface area contributed by atoms with Gasteiger partial charge in [0, 0.05) is 6.42 Å². The number of carboxylic acids is 1. The van der Waals surface area contributed by atoms with Crippen molar-refractivity contribution in [2.24, 2.45) is 0 Å². The molecule has 0 radical (unpaired) electrons. The van der Waals surface area contributed by atoms with E-state index in [1.807, 2.05) is 0 Å². The molecule has 0 aromatic rings. The van der Waals surface area contributed by atoms with E-state index in [9.17, 15) is 14.4 Å².